The van der Waals surface area contributed by atoms with Crippen molar-refractivity contribution in [2.75, 3.05) is 12.0 Å². The van der Waals surface area contributed by atoms with Gasteiger partial charge in [-0.1, -0.05) is 53.6 Å². The number of anilines is 1. The van der Waals surface area contributed by atoms with E-state index in [4.69, 9.17) is 16.3 Å². The van der Waals surface area contributed by atoms with E-state index in [2.05, 4.69) is 0 Å². The number of carbonyl (C=O) groups is 2. The molecular formula is C25H20ClNO4. The number of methoxy groups -OCH3 is 1. The topological polar surface area (TPSA) is 66.8 Å². The Morgan fingerprint density at radius 3 is 2.32 bits per heavy atom. The van der Waals surface area contributed by atoms with Crippen LogP contribution in [0.25, 0.3) is 5.76 Å². The standard InChI is InChI=1S/C25H20ClNO4/c1-15-8-13-20(31-2)19(14-15)23(28)21-22(16-6-4-3-5-7-16)27(25(30)24(21)29)18-11-9-17(26)10-12-18/h3-14,22,28H,1-2H3/b23-21+. The fourth-order valence-corrected chi connectivity index (χ4v) is 3.93. The van der Waals surface area contributed by atoms with Crippen molar-refractivity contribution in [2.45, 2.75) is 13.0 Å². The number of Topliss-reactive ketones (excluding diaryl/α,β-unsaturated/α-hetero) is 1. The first kappa shape index (κ1) is 20.7. The van der Waals surface area contributed by atoms with Crippen LogP contribution in [-0.4, -0.2) is 23.9 Å². The Morgan fingerprint density at radius 1 is 1.00 bits per heavy atom. The zero-order chi connectivity index (χ0) is 22.1. The zero-order valence-corrected chi connectivity index (χ0v) is 17.8. The molecule has 1 aliphatic rings. The number of aryl methyl sites for hydroxylation is 1. The average molecular weight is 434 g/mol. The number of carbonyl (C=O) groups excluding carboxylic acids is 2. The molecule has 1 heterocycles. The average Bonchev–Trinajstić information content (AvgIpc) is 3.05. The van der Waals surface area contributed by atoms with E-state index in [-0.39, 0.29) is 11.3 Å². The van der Waals surface area contributed by atoms with Gasteiger partial charge in [-0.2, -0.15) is 0 Å². The molecule has 0 bridgehead atoms. The fourth-order valence-electron chi connectivity index (χ4n) is 3.80. The van der Waals surface area contributed by atoms with E-state index in [1.807, 2.05) is 43.3 Å². The van der Waals surface area contributed by atoms with Crippen molar-refractivity contribution in [2.24, 2.45) is 0 Å². The van der Waals surface area contributed by atoms with Gasteiger partial charge in [-0.05, 0) is 48.9 Å². The van der Waals surface area contributed by atoms with E-state index in [9.17, 15) is 14.7 Å². The molecule has 4 rings (SSSR count). The summed E-state index contributed by atoms with van der Waals surface area (Å²) in [6.07, 6.45) is 0. The number of rotatable bonds is 4. The first-order valence-electron chi connectivity index (χ1n) is 9.69. The molecule has 0 spiro atoms. The first-order valence-corrected chi connectivity index (χ1v) is 10.1. The summed E-state index contributed by atoms with van der Waals surface area (Å²) >= 11 is 6.01. The molecule has 6 heteroatoms. The first-order chi connectivity index (χ1) is 14.9. The SMILES string of the molecule is COc1ccc(C)cc1/C(O)=C1\C(=O)C(=O)N(c2ccc(Cl)cc2)C1c1ccccc1. The molecule has 0 aliphatic carbocycles. The lowest BCUT2D eigenvalue weighted by Crippen LogP contribution is -2.29. The molecule has 3 aromatic rings. The summed E-state index contributed by atoms with van der Waals surface area (Å²) in [5.41, 5.74) is 2.46. The van der Waals surface area contributed by atoms with Crippen LogP contribution in [0, 0.1) is 6.92 Å². The third-order valence-corrected chi connectivity index (χ3v) is 5.53. The number of benzene rings is 3. The molecule has 1 fully saturated rings. The van der Waals surface area contributed by atoms with E-state index >= 15 is 0 Å². The van der Waals surface area contributed by atoms with Gasteiger partial charge in [-0.15, -0.1) is 0 Å². The number of aliphatic hydroxyl groups is 1. The highest BCUT2D eigenvalue weighted by atomic mass is 35.5. The molecule has 31 heavy (non-hydrogen) atoms. The second kappa shape index (κ2) is 8.28. The van der Waals surface area contributed by atoms with Crippen molar-refractivity contribution < 1.29 is 19.4 Å². The van der Waals surface area contributed by atoms with Crippen LogP contribution < -0.4 is 9.64 Å². The minimum Gasteiger partial charge on any atom is -0.507 e. The Labute approximate surface area is 185 Å². The quantitative estimate of drug-likeness (QED) is 0.345. The molecule has 1 N–H and O–H groups in total. The van der Waals surface area contributed by atoms with Gasteiger partial charge in [0.1, 0.15) is 11.5 Å². The highest BCUT2D eigenvalue weighted by Crippen LogP contribution is 2.43. The summed E-state index contributed by atoms with van der Waals surface area (Å²) in [6.45, 7) is 1.87. The Morgan fingerprint density at radius 2 is 1.68 bits per heavy atom. The van der Waals surface area contributed by atoms with Gasteiger partial charge < -0.3 is 9.84 Å². The van der Waals surface area contributed by atoms with Crippen LogP contribution in [0.15, 0.2) is 78.4 Å². The van der Waals surface area contributed by atoms with Gasteiger partial charge in [0, 0.05) is 10.7 Å². The maximum atomic E-state index is 13.2. The van der Waals surface area contributed by atoms with Crippen molar-refractivity contribution in [3.63, 3.8) is 0 Å². The van der Waals surface area contributed by atoms with E-state index in [1.54, 1.807) is 36.4 Å². The van der Waals surface area contributed by atoms with Gasteiger partial charge in [0.2, 0.25) is 0 Å². The minimum atomic E-state index is -0.799. The summed E-state index contributed by atoms with van der Waals surface area (Å²) in [6, 6.07) is 20.3. The normalized spacial score (nSPS) is 17.8. The Bertz CT molecular complexity index is 1190. The third-order valence-electron chi connectivity index (χ3n) is 5.27. The van der Waals surface area contributed by atoms with Crippen LogP contribution in [0.1, 0.15) is 22.7 Å². The summed E-state index contributed by atoms with van der Waals surface area (Å²) < 4.78 is 5.39. The highest BCUT2D eigenvalue weighted by Gasteiger charge is 2.47. The van der Waals surface area contributed by atoms with Crippen LogP contribution >= 0.6 is 11.6 Å². The molecule has 1 unspecified atom stereocenters. The molecule has 0 aromatic heterocycles. The zero-order valence-electron chi connectivity index (χ0n) is 17.0. The predicted octanol–water partition coefficient (Wildman–Crippen LogP) is 5.28. The van der Waals surface area contributed by atoms with Gasteiger partial charge >= 0.3 is 0 Å². The number of hydrogen-bond donors (Lipinski definition) is 1. The molecule has 5 nitrogen and oxygen atoms in total. The lowest BCUT2D eigenvalue weighted by atomic mass is 9.94. The number of ether oxygens (including phenoxy) is 1. The molecule has 0 saturated carbocycles. The van der Waals surface area contributed by atoms with Crippen molar-refractivity contribution >= 4 is 34.7 Å². The van der Waals surface area contributed by atoms with E-state index in [0.717, 1.165) is 5.56 Å². The van der Waals surface area contributed by atoms with Gasteiger partial charge in [-0.25, -0.2) is 0 Å². The van der Waals surface area contributed by atoms with Crippen LogP contribution in [0.2, 0.25) is 5.02 Å². The predicted molar refractivity (Wildman–Crippen MR) is 120 cm³/mol. The highest BCUT2D eigenvalue weighted by molar-refractivity contribution is 6.51. The smallest absolute Gasteiger partial charge is 0.300 e. The second-order valence-electron chi connectivity index (χ2n) is 7.26. The van der Waals surface area contributed by atoms with Crippen molar-refractivity contribution in [3.8, 4) is 5.75 Å². The largest absolute Gasteiger partial charge is 0.507 e. The number of amides is 1. The number of ketones is 1. The summed E-state index contributed by atoms with van der Waals surface area (Å²) in [4.78, 5) is 27.7. The maximum absolute atomic E-state index is 13.2. The van der Waals surface area contributed by atoms with Crippen molar-refractivity contribution in [1.29, 1.82) is 0 Å². The molecule has 1 atom stereocenters. The van der Waals surface area contributed by atoms with Crippen molar-refractivity contribution in [1.82, 2.24) is 0 Å². The molecule has 1 saturated heterocycles. The Balaban J connectivity index is 1.97. The minimum absolute atomic E-state index is 0.00931. The van der Waals surface area contributed by atoms with E-state index < -0.39 is 17.7 Å². The van der Waals surface area contributed by atoms with E-state index in [0.29, 0.717) is 27.6 Å². The summed E-state index contributed by atoms with van der Waals surface area (Å²) in [7, 11) is 1.49. The number of hydrogen-bond acceptors (Lipinski definition) is 4. The van der Waals surface area contributed by atoms with E-state index in [1.165, 1.54) is 12.0 Å². The maximum Gasteiger partial charge on any atom is 0.300 e. The number of halogens is 1. The summed E-state index contributed by atoms with van der Waals surface area (Å²) in [5, 5.41) is 11.8. The number of aliphatic hydroxyl groups excluding tert-OH is 1. The van der Waals surface area contributed by atoms with Crippen molar-refractivity contribution in [3.05, 3.63) is 100 Å². The monoisotopic (exact) mass is 433 g/mol. The molecule has 156 valence electrons. The van der Waals surface area contributed by atoms with Gasteiger partial charge in [0.05, 0.1) is 24.3 Å². The molecule has 0 radical (unpaired) electrons. The van der Waals surface area contributed by atoms with Crippen LogP contribution in [0.5, 0.6) is 5.75 Å². The van der Waals surface area contributed by atoms with Gasteiger partial charge in [-0.3, -0.25) is 14.5 Å². The lowest BCUT2D eigenvalue weighted by Gasteiger charge is -2.25. The summed E-state index contributed by atoms with van der Waals surface area (Å²) in [5.74, 6) is -1.34. The molecule has 1 amide bonds. The Kier molecular flexibility index (Phi) is 5.53. The molecule has 3 aromatic carbocycles. The van der Waals surface area contributed by atoms with Crippen LogP contribution in [-0.2, 0) is 9.59 Å². The van der Waals surface area contributed by atoms with Gasteiger partial charge in [0.25, 0.3) is 11.7 Å². The molecular weight excluding hydrogens is 414 g/mol. The second-order valence-corrected chi connectivity index (χ2v) is 7.70. The van der Waals surface area contributed by atoms with Crippen LogP contribution in [0.4, 0.5) is 5.69 Å². The third kappa shape index (κ3) is 3.68. The van der Waals surface area contributed by atoms with Gasteiger partial charge in [0.15, 0.2) is 0 Å². The lowest BCUT2D eigenvalue weighted by molar-refractivity contribution is -0.132. The molecule has 1 aliphatic heterocycles. The Hall–Kier alpha value is -3.57. The number of nitrogens with zero attached hydrogens (tertiary/aromatic N) is 1. The fraction of sp³-hybridized carbons (Fsp3) is 0.120. The van der Waals surface area contributed by atoms with Crippen LogP contribution in [0.3, 0.4) is 0 Å².